The highest BCUT2D eigenvalue weighted by Crippen LogP contribution is 2.22. The molecule has 0 saturated carbocycles. The topological polar surface area (TPSA) is 94.2 Å². The lowest BCUT2D eigenvalue weighted by atomic mass is 10.1. The zero-order valence-electron chi connectivity index (χ0n) is 16.7. The van der Waals surface area contributed by atoms with Crippen molar-refractivity contribution in [1.29, 1.82) is 0 Å². The average Bonchev–Trinajstić information content (AvgIpc) is 2.80. The van der Waals surface area contributed by atoms with Crippen LogP contribution in [0, 0.1) is 0 Å². The Labute approximate surface area is 199 Å². The van der Waals surface area contributed by atoms with Gasteiger partial charge < -0.3 is 4.42 Å². The van der Waals surface area contributed by atoms with Crippen molar-refractivity contribution < 1.29 is 9.21 Å². The summed E-state index contributed by atoms with van der Waals surface area (Å²) in [6, 6.07) is 20.0. The molecule has 2 aromatic heterocycles. The van der Waals surface area contributed by atoms with Crippen molar-refractivity contribution in [3.8, 4) is 11.4 Å². The number of benzene rings is 3. The van der Waals surface area contributed by atoms with Gasteiger partial charge in [0.2, 0.25) is 0 Å². The number of aromatic nitrogens is 2. The van der Waals surface area contributed by atoms with E-state index in [1.54, 1.807) is 66.7 Å². The zero-order valence-corrected chi connectivity index (χ0v) is 19.1. The van der Waals surface area contributed by atoms with Gasteiger partial charge in [0, 0.05) is 20.4 Å². The fraction of sp³-hybridized carbons (Fsp3) is 0. The second-order valence-corrected chi connectivity index (χ2v) is 8.53. The molecule has 5 rings (SSSR count). The van der Waals surface area contributed by atoms with Gasteiger partial charge in [-0.3, -0.25) is 15.0 Å². The largest absolute Gasteiger partial charge is 0.422 e. The Morgan fingerprint density at radius 1 is 1.00 bits per heavy atom. The summed E-state index contributed by atoms with van der Waals surface area (Å²) in [7, 11) is 0. The van der Waals surface area contributed by atoms with Crippen molar-refractivity contribution >= 4 is 55.3 Å². The van der Waals surface area contributed by atoms with Gasteiger partial charge in [0.15, 0.2) is 5.82 Å². The first-order chi connectivity index (χ1) is 15.9. The second kappa shape index (κ2) is 8.31. The maximum atomic E-state index is 13.3. The number of hydrogen-bond acceptors (Lipinski definition) is 5. The molecule has 9 heteroatoms. The van der Waals surface area contributed by atoms with Crippen molar-refractivity contribution in [3.63, 3.8) is 0 Å². The predicted octanol–water partition coefficient (Wildman–Crippen LogP) is 4.97. The second-order valence-electron chi connectivity index (χ2n) is 7.17. The minimum Gasteiger partial charge on any atom is -0.422 e. The third-order valence-corrected chi connectivity index (χ3v) is 5.74. The maximum absolute atomic E-state index is 13.3. The van der Waals surface area contributed by atoms with Gasteiger partial charge in [-0.2, -0.15) is 4.68 Å². The monoisotopic (exact) mass is 521 g/mol. The number of nitrogens with zero attached hydrogens (tertiary/aromatic N) is 2. The summed E-state index contributed by atoms with van der Waals surface area (Å²) < 4.78 is 7.05. The fourth-order valence-corrected chi connectivity index (χ4v) is 4.04. The Hall–Kier alpha value is -3.75. The maximum Gasteiger partial charge on any atom is 0.349 e. The molecule has 0 atom stereocenters. The summed E-state index contributed by atoms with van der Waals surface area (Å²) in [5.74, 6) is -0.643. The summed E-state index contributed by atoms with van der Waals surface area (Å²) in [4.78, 5) is 43.4. The first kappa shape index (κ1) is 21.1. The minimum absolute atomic E-state index is 0.169. The van der Waals surface area contributed by atoms with E-state index in [9.17, 15) is 14.4 Å². The molecule has 2 heterocycles. The Bertz CT molecular complexity index is 1690. The van der Waals surface area contributed by atoms with Gasteiger partial charge in [-0.1, -0.05) is 51.8 Å². The van der Waals surface area contributed by atoms with E-state index in [1.807, 2.05) is 0 Å². The molecule has 0 radical (unpaired) electrons. The Balaban J connectivity index is 1.68. The first-order valence-electron chi connectivity index (χ1n) is 9.73. The van der Waals surface area contributed by atoms with E-state index >= 15 is 0 Å². The van der Waals surface area contributed by atoms with Gasteiger partial charge in [0.1, 0.15) is 11.1 Å². The zero-order chi connectivity index (χ0) is 23.1. The van der Waals surface area contributed by atoms with Crippen LogP contribution >= 0.6 is 27.5 Å². The summed E-state index contributed by atoms with van der Waals surface area (Å²) in [5.41, 5.74) is 2.24. The van der Waals surface area contributed by atoms with Crippen LogP contribution in [0.25, 0.3) is 33.3 Å². The van der Waals surface area contributed by atoms with E-state index in [0.29, 0.717) is 32.5 Å². The van der Waals surface area contributed by atoms with Gasteiger partial charge in [-0.25, -0.2) is 9.78 Å². The molecule has 3 aromatic carbocycles. The van der Waals surface area contributed by atoms with E-state index in [-0.39, 0.29) is 11.4 Å². The molecule has 1 N–H and O–H groups in total. The van der Waals surface area contributed by atoms with Crippen LogP contribution in [-0.2, 0) is 0 Å². The molecule has 0 bridgehead atoms. The lowest BCUT2D eigenvalue weighted by Gasteiger charge is -2.14. The smallest absolute Gasteiger partial charge is 0.349 e. The molecule has 0 aliphatic heterocycles. The molecule has 0 aliphatic carbocycles. The van der Waals surface area contributed by atoms with Gasteiger partial charge >= 0.3 is 5.63 Å². The molecule has 5 aromatic rings. The number of hydrogen-bond donors (Lipinski definition) is 1. The van der Waals surface area contributed by atoms with E-state index < -0.39 is 17.1 Å². The Kier molecular flexibility index (Phi) is 5.32. The molecule has 1 amide bonds. The molecular weight excluding hydrogens is 510 g/mol. The van der Waals surface area contributed by atoms with Crippen LogP contribution in [0.3, 0.4) is 0 Å². The van der Waals surface area contributed by atoms with Crippen LogP contribution in [0.1, 0.15) is 10.4 Å². The van der Waals surface area contributed by atoms with Gasteiger partial charge in [-0.05, 0) is 48.5 Å². The molecule has 7 nitrogen and oxygen atoms in total. The highest BCUT2D eigenvalue weighted by molar-refractivity contribution is 9.10. The fourth-order valence-electron chi connectivity index (χ4n) is 3.47. The summed E-state index contributed by atoms with van der Waals surface area (Å²) in [6.07, 6.45) is 0. The lowest BCUT2D eigenvalue weighted by molar-refractivity contribution is 0.100. The first-order valence-corrected chi connectivity index (χ1v) is 10.9. The SMILES string of the molecule is O=C(Nn1c(-c2cccc(Cl)c2)nc2ccccc2c1=O)c1cc2cc(Br)ccc2oc1=O. The number of carbonyl (C=O) groups is 1. The lowest BCUT2D eigenvalue weighted by Crippen LogP contribution is -2.36. The number of rotatable bonds is 3. The van der Waals surface area contributed by atoms with Gasteiger partial charge in [-0.15, -0.1) is 0 Å². The van der Waals surface area contributed by atoms with Crippen LogP contribution in [0.2, 0.25) is 5.02 Å². The van der Waals surface area contributed by atoms with Crippen molar-refractivity contribution in [2.24, 2.45) is 0 Å². The normalized spacial score (nSPS) is 11.1. The number of nitrogens with one attached hydrogen (secondary N) is 1. The van der Waals surface area contributed by atoms with Crippen molar-refractivity contribution in [2.45, 2.75) is 0 Å². The summed E-state index contributed by atoms with van der Waals surface area (Å²) >= 11 is 9.49. The number of para-hydroxylation sites is 1. The standard InChI is InChI=1S/C24H13BrClN3O4/c25-15-8-9-20-14(10-15)12-18(24(32)33-20)22(30)28-29-21(13-4-3-5-16(26)11-13)27-19-7-2-1-6-17(19)23(29)31/h1-12H,(H,28,30). The van der Waals surface area contributed by atoms with Crippen molar-refractivity contribution in [2.75, 3.05) is 5.43 Å². The van der Waals surface area contributed by atoms with E-state index in [2.05, 4.69) is 26.3 Å². The van der Waals surface area contributed by atoms with E-state index in [4.69, 9.17) is 16.0 Å². The summed E-state index contributed by atoms with van der Waals surface area (Å²) in [6.45, 7) is 0. The molecule has 162 valence electrons. The number of halogens is 2. The highest BCUT2D eigenvalue weighted by atomic mass is 79.9. The summed E-state index contributed by atoms with van der Waals surface area (Å²) in [5, 5.41) is 1.29. The van der Waals surface area contributed by atoms with Crippen LogP contribution in [0.5, 0.6) is 0 Å². The van der Waals surface area contributed by atoms with Gasteiger partial charge in [0.05, 0.1) is 10.9 Å². The van der Waals surface area contributed by atoms with Crippen molar-refractivity contribution in [3.05, 3.63) is 109 Å². The molecule has 33 heavy (non-hydrogen) atoms. The predicted molar refractivity (Wildman–Crippen MR) is 130 cm³/mol. The minimum atomic E-state index is -0.826. The van der Waals surface area contributed by atoms with Crippen LogP contribution in [0.15, 0.2) is 91.3 Å². The van der Waals surface area contributed by atoms with Crippen LogP contribution in [-0.4, -0.2) is 15.6 Å². The van der Waals surface area contributed by atoms with Gasteiger partial charge in [0.25, 0.3) is 11.5 Å². The molecular formula is C24H13BrClN3O4. The number of amides is 1. The number of carbonyl (C=O) groups excluding carboxylic acids is 1. The molecule has 0 spiro atoms. The Morgan fingerprint density at radius 3 is 2.64 bits per heavy atom. The molecule has 0 fully saturated rings. The van der Waals surface area contributed by atoms with Crippen LogP contribution in [0.4, 0.5) is 0 Å². The quantitative estimate of drug-likeness (QED) is 0.338. The average molecular weight is 523 g/mol. The third kappa shape index (κ3) is 3.94. The number of fused-ring (bicyclic) bond motifs is 2. The Morgan fingerprint density at radius 2 is 1.82 bits per heavy atom. The highest BCUT2D eigenvalue weighted by Gasteiger charge is 2.19. The van der Waals surface area contributed by atoms with Crippen molar-refractivity contribution in [1.82, 2.24) is 9.66 Å². The van der Waals surface area contributed by atoms with E-state index in [0.717, 1.165) is 9.15 Å². The van der Waals surface area contributed by atoms with E-state index in [1.165, 1.54) is 6.07 Å². The van der Waals surface area contributed by atoms with Crippen LogP contribution < -0.4 is 16.6 Å². The molecule has 0 aliphatic rings. The third-order valence-electron chi connectivity index (χ3n) is 5.01. The molecule has 0 unspecified atom stereocenters. The molecule has 0 saturated heterocycles.